The minimum atomic E-state index is -2.03. The minimum Gasteiger partial charge on any atom is -0.116 e. The minimum absolute atomic E-state index is 0.0549. The summed E-state index contributed by atoms with van der Waals surface area (Å²) in [6.07, 6.45) is 8.42. The number of hydrogen-bond acceptors (Lipinski definition) is 3. The summed E-state index contributed by atoms with van der Waals surface area (Å²) in [7, 11) is -2.03. The van der Waals surface area contributed by atoms with E-state index in [1.807, 2.05) is 0 Å². The van der Waals surface area contributed by atoms with Gasteiger partial charge in [-0.25, -0.2) is 0 Å². The van der Waals surface area contributed by atoms with Gasteiger partial charge in [0.25, 0.3) is 0 Å². The molecular weight excluding hydrogens is 343 g/mol. The quantitative estimate of drug-likeness (QED) is 0.250. The third kappa shape index (κ3) is 16.2. The van der Waals surface area contributed by atoms with Gasteiger partial charge in [-0.1, -0.05) is 55.4 Å². The highest BCUT2D eigenvalue weighted by Gasteiger charge is 2.31. The normalized spacial score (nSPS) is 12.5. The molecule has 0 aromatic carbocycles. The van der Waals surface area contributed by atoms with Crippen LogP contribution in [-0.2, 0) is 13.6 Å². The second-order valence-electron chi connectivity index (χ2n) is 9.56. The van der Waals surface area contributed by atoms with Crippen LogP contribution in [0.2, 0.25) is 0 Å². The van der Waals surface area contributed by atoms with Crippen molar-refractivity contribution in [1.29, 1.82) is 0 Å². The van der Waals surface area contributed by atoms with Crippen molar-refractivity contribution in [2.24, 2.45) is 23.7 Å². The van der Waals surface area contributed by atoms with Crippen molar-refractivity contribution in [3.63, 3.8) is 0 Å². The van der Waals surface area contributed by atoms with Crippen LogP contribution in [0.3, 0.4) is 0 Å². The van der Waals surface area contributed by atoms with Crippen molar-refractivity contribution in [3.05, 3.63) is 0 Å². The van der Waals surface area contributed by atoms with Crippen LogP contribution in [0.5, 0.6) is 0 Å². The van der Waals surface area contributed by atoms with Crippen molar-refractivity contribution in [1.82, 2.24) is 0 Å². The third-order valence-electron chi connectivity index (χ3n) is 4.73. The summed E-state index contributed by atoms with van der Waals surface area (Å²) >= 11 is 0. The van der Waals surface area contributed by atoms with E-state index in [9.17, 15) is 4.57 Å². The van der Waals surface area contributed by atoms with Gasteiger partial charge in [-0.05, 0) is 75.0 Å². The Kier molecular flexibility index (Phi) is 15.0. The third-order valence-corrected chi connectivity index (χ3v) is 5.67. The van der Waals surface area contributed by atoms with Crippen molar-refractivity contribution in [2.75, 3.05) is 0 Å². The largest absolute Gasteiger partial charge is 0.697 e. The van der Waals surface area contributed by atoms with E-state index in [0.717, 1.165) is 51.4 Å². The lowest BCUT2D eigenvalue weighted by Crippen LogP contribution is -2.15. The Morgan fingerprint density at radius 3 is 0.923 bits per heavy atom. The molecule has 0 aromatic rings. The van der Waals surface area contributed by atoms with E-state index in [1.54, 1.807) is 0 Å². The first-order valence-electron chi connectivity index (χ1n) is 10.9. The van der Waals surface area contributed by atoms with Crippen LogP contribution in [0.4, 0.5) is 0 Å². The Morgan fingerprint density at radius 1 is 0.500 bits per heavy atom. The molecule has 0 bridgehead atoms. The molecule has 0 heterocycles. The molecule has 0 atom stereocenters. The van der Waals surface area contributed by atoms with E-state index in [0.29, 0.717) is 23.7 Å². The monoisotopic (exact) mass is 389 g/mol. The fraction of sp³-hybridized carbons (Fsp3) is 1.00. The first-order chi connectivity index (χ1) is 12.1. The predicted molar refractivity (Wildman–Crippen MR) is 114 cm³/mol. The van der Waals surface area contributed by atoms with Crippen molar-refractivity contribution < 1.29 is 13.6 Å². The zero-order chi connectivity index (χ0) is 20.1. The molecule has 0 spiro atoms. The van der Waals surface area contributed by atoms with Gasteiger partial charge in [0.2, 0.25) is 0 Å². The lowest BCUT2D eigenvalue weighted by atomic mass is 9.99. The van der Waals surface area contributed by atoms with Crippen LogP contribution in [0.25, 0.3) is 0 Å². The Balaban J connectivity index is 4.60. The molecule has 26 heavy (non-hydrogen) atoms. The van der Waals surface area contributed by atoms with Gasteiger partial charge in [-0.3, -0.25) is 0 Å². The Morgan fingerprint density at radius 2 is 0.731 bits per heavy atom. The SMILES string of the molecule is CC(C)CCC(CCC(C)C)O[P+](=O)OC(CCC(C)C)CCC(C)C. The van der Waals surface area contributed by atoms with Gasteiger partial charge in [0.15, 0.2) is 0 Å². The summed E-state index contributed by atoms with van der Waals surface area (Å²) in [5.41, 5.74) is 0. The van der Waals surface area contributed by atoms with Gasteiger partial charge < -0.3 is 0 Å². The molecule has 0 N–H and O–H groups in total. The van der Waals surface area contributed by atoms with E-state index in [1.165, 1.54) is 0 Å². The maximum Gasteiger partial charge on any atom is 0.697 e. The molecule has 0 radical (unpaired) electrons. The fourth-order valence-corrected chi connectivity index (χ4v) is 3.80. The first kappa shape index (κ1) is 26.0. The average Bonchev–Trinajstić information content (AvgIpc) is 2.52. The van der Waals surface area contributed by atoms with Crippen molar-refractivity contribution >= 4 is 8.25 Å². The van der Waals surface area contributed by atoms with Gasteiger partial charge >= 0.3 is 8.25 Å². The molecule has 0 aliphatic carbocycles. The van der Waals surface area contributed by atoms with Crippen LogP contribution in [0.15, 0.2) is 0 Å². The van der Waals surface area contributed by atoms with Crippen LogP contribution in [-0.4, -0.2) is 12.2 Å². The van der Waals surface area contributed by atoms with Crippen LogP contribution in [0, 0.1) is 23.7 Å². The molecule has 0 aliphatic rings. The molecule has 0 saturated heterocycles. The molecule has 0 saturated carbocycles. The molecule has 0 aromatic heterocycles. The summed E-state index contributed by atoms with van der Waals surface area (Å²) in [4.78, 5) is 0. The summed E-state index contributed by atoms with van der Waals surface area (Å²) in [5.74, 6) is 2.57. The van der Waals surface area contributed by atoms with Gasteiger partial charge in [0.1, 0.15) is 12.2 Å². The van der Waals surface area contributed by atoms with Gasteiger partial charge in [0, 0.05) is 4.57 Å². The van der Waals surface area contributed by atoms with E-state index < -0.39 is 8.25 Å². The van der Waals surface area contributed by atoms with Gasteiger partial charge in [-0.15, -0.1) is 9.05 Å². The highest BCUT2D eigenvalue weighted by atomic mass is 31.1. The standard InChI is InChI=1S/C22H46O3P/c1-17(2)9-13-21(14-10-18(3)4)24-26(23)25-22(15-11-19(5)6)16-12-20(7)8/h17-22H,9-16H2,1-8H3/q+1. The summed E-state index contributed by atoms with van der Waals surface area (Å²) in [6.45, 7) is 17.8. The second-order valence-corrected chi connectivity index (χ2v) is 10.4. The van der Waals surface area contributed by atoms with E-state index in [4.69, 9.17) is 9.05 Å². The Hall–Kier alpha value is 0.0200. The van der Waals surface area contributed by atoms with Crippen LogP contribution in [0.1, 0.15) is 107 Å². The zero-order valence-corrected chi connectivity index (χ0v) is 19.7. The predicted octanol–water partition coefficient (Wildman–Crippen LogP) is 8.16. The molecule has 156 valence electrons. The zero-order valence-electron chi connectivity index (χ0n) is 18.8. The highest BCUT2D eigenvalue weighted by molar-refractivity contribution is 7.33. The number of hydrogen-bond donors (Lipinski definition) is 0. The fourth-order valence-electron chi connectivity index (χ4n) is 2.84. The summed E-state index contributed by atoms with van der Waals surface area (Å²) in [5, 5.41) is 0. The summed E-state index contributed by atoms with van der Waals surface area (Å²) < 4.78 is 24.3. The molecule has 0 unspecified atom stereocenters. The smallest absolute Gasteiger partial charge is 0.116 e. The molecule has 3 nitrogen and oxygen atoms in total. The molecule has 4 heteroatoms. The van der Waals surface area contributed by atoms with Crippen molar-refractivity contribution in [2.45, 2.75) is 119 Å². The molecular formula is C22H46O3P+. The molecule has 0 amide bonds. The first-order valence-corrected chi connectivity index (χ1v) is 12.0. The van der Waals surface area contributed by atoms with Gasteiger partial charge in [-0.2, -0.15) is 0 Å². The maximum atomic E-state index is 12.5. The second kappa shape index (κ2) is 15.0. The maximum absolute atomic E-state index is 12.5. The van der Waals surface area contributed by atoms with Crippen LogP contribution < -0.4 is 0 Å². The van der Waals surface area contributed by atoms with E-state index in [-0.39, 0.29) is 12.2 Å². The lowest BCUT2D eigenvalue weighted by molar-refractivity contribution is 0.101. The van der Waals surface area contributed by atoms with E-state index in [2.05, 4.69) is 55.4 Å². The average molecular weight is 390 g/mol. The Bertz CT molecular complexity index is 297. The van der Waals surface area contributed by atoms with Crippen LogP contribution >= 0.6 is 8.25 Å². The lowest BCUT2D eigenvalue weighted by Gasteiger charge is -2.16. The molecule has 0 fully saturated rings. The van der Waals surface area contributed by atoms with Gasteiger partial charge in [0.05, 0.1) is 0 Å². The van der Waals surface area contributed by atoms with Crippen molar-refractivity contribution in [3.8, 4) is 0 Å². The highest BCUT2D eigenvalue weighted by Crippen LogP contribution is 2.35. The molecule has 0 aliphatic heterocycles. The summed E-state index contributed by atoms with van der Waals surface area (Å²) in [6, 6.07) is 0. The molecule has 0 rings (SSSR count). The number of rotatable bonds is 16. The topological polar surface area (TPSA) is 35.5 Å². The van der Waals surface area contributed by atoms with E-state index >= 15 is 0 Å². The Labute approximate surface area is 165 Å².